The SMILES string of the molecule is CC(C)(CN)C(=O)Nc1nc2c(s1)CCC2. The van der Waals surface area contributed by atoms with Crippen molar-refractivity contribution in [1.82, 2.24) is 4.98 Å². The Morgan fingerprint density at radius 1 is 1.56 bits per heavy atom. The third kappa shape index (κ3) is 2.10. The van der Waals surface area contributed by atoms with Crippen molar-refractivity contribution < 1.29 is 4.79 Å². The van der Waals surface area contributed by atoms with Gasteiger partial charge in [-0.3, -0.25) is 4.79 Å². The summed E-state index contributed by atoms with van der Waals surface area (Å²) >= 11 is 1.59. The van der Waals surface area contributed by atoms with Crippen LogP contribution in [0, 0.1) is 5.41 Å². The molecular formula is C11H17N3OS. The fourth-order valence-corrected chi connectivity index (χ4v) is 2.65. The number of aromatic nitrogens is 1. The molecule has 1 aliphatic carbocycles. The second-order valence-electron chi connectivity index (χ2n) is 4.78. The molecule has 4 nitrogen and oxygen atoms in total. The lowest BCUT2D eigenvalue weighted by atomic mass is 9.93. The molecule has 0 saturated heterocycles. The van der Waals surface area contributed by atoms with E-state index in [9.17, 15) is 4.79 Å². The molecule has 0 spiro atoms. The van der Waals surface area contributed by atoms with Crippen LogP contribution in [0.1, 0.15) is 30.8 Å². The normalized spacial score (nSPS) is 14.9. The monoisotopic (exact) mass is 239 g/mol. The number of amides is 1. The Balaban J connectivity index is 2.07. The molecule has 0 saturated carbocycles. The van der Waals surface area contributed by atoms with Crippen LogP contribution < -0.4 is 11.1 Å². The molecule has 0 aliphatic heterocycles. The first-order valence-corrected chi connectivity index (χ1v) is 6.34. The van der Waals surface area contributed by atoms with Gasteiger partial charge in [0, 0.05) is 11.4 Å². The summed E-state index contributed by atoms with van der Waals surface area (Å²) in [6.07, 6.45) is 3.34. The number of carbonyl (C=O) groups is 1. The summed E-state index contributed by atoms with van der Waals surface area (Å²) in [4.78, 5) is 17.6. The van der Waals surface area contributed by atoms with Gasteiger partial charge in [-0.25, -0.2) is 4.98 Å². The highest BCUT2D eigenvalue weighted by Gasteiger charge is 2.27. The van der Waals surface area contributed by atoms with Crippen LogP contribution in [0.2, 0.25) is 0 Å². The molecule has 3 N–H and O–H groups in total. The van der Waals surface area contributed by atoms with Crippen LogP contribution in [-0.2, 0) is 17.6 Å². The zero-order valence-corrected chi connectivity index (χ0v) is 10.5. The summed E-state index contributed by atoms with van der Waals surface area (Å²) in [5, 5.41) is 3.57. The summed E-state index contributed by atoms with van der Waals surface area (Å²) in [6.45, 7) is 4.01. The van der Waals surface area contributed by atoms with Crippen LogP contribution in [-0.4, -0.2) is 17.4 Å². The van der Waals surface area contributed by atoms with E-state index in [4.69, 9.17) is 5.73 Å². The fourth-order valence-electron chi connectivity index (χ4n) is 1.60. The Kier molecular flexibility index (Phi) is 2.99. The quantitative estimate of drug-likeness (QED) is 0.841. The summed E-state index contributed by atoms with van der Waals surface area (Å²) in [7, 11) is 0. The highest BCUT2D eigenvalue weighted by atomic mass is 32.1. The number of hydrogen-bond donors (Lipinski definition) is 2. The molecule has 1 amide bonds. The molecule has 1 aliphatic rings. The largest absolute Gasteiger partial charge is 0.329 e. The van der Waals surface area contributed by atoms with E-state index in [0.717, 1.165) is 23.7 Å². The number of fused-ring (bicyclic) bond motifs is 1. The second-order valence-corrected chi connectivity index (χ2v) is 5.87. The lowest BCUT2D eigenvalue weighted by Gasteiger charge is -2.20. The number of nitrogens with one attached hydrogen (secondary N) is 1. The highest BCUT2D eigenvalue weighted by Crippen LogP contribution is 2.31. The summed E-state index contributed by atoms with van der Waals surface area (Å²) in [6, 6.07) is 0. The Bertz CT molecular complexity index is 390. The number of nitrogens with zero attached hydrogens (tertiary/aromatic N) is 1. The van der Waals surface area contributed by atoms with Crippen molar-refractivity contribution in [2.75, 3.05) is 11.9 Å². The van der Waals surface area contributed by atoms with E-state index in [-0.39, 0.29) is 5.91 Å². The lowest BCUT2D eigenvalue weighted by molar-refractivity contribution is -0.123. The zero-order valence-electron chi connectivity index (χ0n) is 9.67. The zero-order chi connectivity index (χ0) is 11.8. The molecule has 0 bridgehead atoms. The fraction of sp³-hybridized carbons (Fsp3) is 0.636. The molecule has 0 aromatic carbocycles. The van der Waals surface area contributed by atoms with Crippen molar-refractivity contribution >= 4 is 22.4 Å². The maximum absolute atomic E-state index is 11.9. The topological polar surface area (TPSA) is 68.0 Å². The molecule has 0 atom stereocenters. The van der Waals surface area contributed by atoms with Gasteiger partial charge in [0.1, 0.15) is 0 Å². The van der Waals surface area contributed by atoms with Crippen LogP contribution in [0.3, 0.4) is 0 Å². The average molecular weight is 239 g/mol. The lowest BCUT2D eigenvalue weighted by Crippen LogP contribution is -2.37. The maximum atomic E-state index is 11.9. The van der Waals surface area contributed by atoms with Crippen LogP contribution in [0.15, 0.2) is 0 Å². The van der Waals surface area contributed by atoms with Gasteiger partial charge in [-0.1, -0.05) is 0 Å². The van der Waals surface area contributed by atoms with Crippen molar-refractivity contribution in [1.29, 1.82) is 0 Å². The molecule has 1 heterocycles. The van der Waals surface area contributed by atoms with Crippen molar-refractivity contribution in [3.05, 3.63) is 10.6 Å². The van der Waals surface area contributed by atoms with Crippen molar-refractivity contribution in [3.63, 3.8) is 0 Å². The van der Waals surface area contributed by atoms with Gasteiger partial charge in [0.15, 0.2) is 5.13 Å². The van der Waals surface area contributed by atoms with Gasteiger partial charge in [-0.05, 0) is 33.1 Å². The number of aryl methyl sites for hydroxylation is 2. The Morgan fingerprint density at radius 3 is 2.94 bits per heavy atom. The summed E-state index contributed by atoms with van der Waals surface area (Å²) in [5.41, 5.74) is 6.18. The van der Waals surface area contributed by atoms with E-state index >= 15 is 0 Å². The van der Waals surface area contributed by atoms with Gasteiger partial charge in [0.25, 0.3) is 0 Å². The van der Waals surface area contributed by atoms with Crippen LogP contribution in [0.4, 0.5) is 5.13 Å². The van der Waals surface area contributed by atoms with E-state index in [1.165, 1.54) is 11.3 Å². The third-order valence-electron chi connectivity index (χ3n) is 2.94. The predicted octanol–water partition coefficient (Wildman–Crippen LogP) is 1.56. The molecule has 1 aromatic heterocycles. The van der Waals surface area contributed by atoms with Crippen LogP contribution >= 0.6 is 11.3 Å². The van der Waals surface area contributed by atoms with Gasteiger partial charge < -0.3 is 11.1 Å². The molecule has 5 heteroatoms. The van der Waals surface area contributed by atoms with Gasteiger partial charge in [-0.15, -0.1) is 11.3 Å². The van der Waals surface area contributed by atoms with E-state index < -0.39 is 5.41 Å². The number of anilines is 1. The van der Waals surface area contributed by atoms with Crippen LogP contribution in [0.25, 0.3) is 0 Å². The van der Waals surface area contributed by atoms with Crippen LogP contribution in [0.5, 0.6) is 0 Å². The minimum Gasteiger partial charge on any atom is -0.329 e. The average Bonchev–Trinajstić information content (AvgIpc) is 2.77. The predicted molar refractivity (Wildman–Crippen MR) is 65.6 cm³/mol. The van der Waals surface area contributed by atoms with E-state index in [0.29, 0.717) is 6.54 Å². The van der Waals surface area contributed by atoms with Crippen molar-refractivity contribution in [2.24, 2.45) is 11.1 Å². The molecule has 0 unspecified atom stereocenters. The first-order valence-electron chi connectivity index (χ1n) is 5.53. The summed E-state index contributed by atoms with van der Waals surface area (Å²) in [5.74, 6) is -0.0533. The number of carbonyl (C=O) groups excluding carboxylic acids is 1. The number of hydrogen-bond acceptors (Lipinski definition) is 4. The van der Waals surface area contributed by atoms with Gasteiger partial charge >= 0.3 is 0 Å². The molecule has 88 valence electrons. The van der Waals surface area contributed by atoms with Gasteiger partial charge in [0.05, 0.1) is 11.1 Å². The summed E-state index contributed by atoms with van der Waals surface area (Å²) < 4.78 is 0. The molecule has 0 radical (unpaired) electrons. The maximum Gasteiger partial charge on any atom is 0.233 e. The first kappa shape index (κ1) is 11.5. The Hall–Kier alpha value is -0.940. The molecule has 16 heavy (non-hydrogen) atoms. The minimum absolute atomic E-state index is 0.0533. The Labute approximate surface area is 99.3 Å². The Morgan fingerprint density at radius 2 is 2.31 bits per heavy atom. The molecular weight excluding hydrogens is 222 g/mol. The number of thiazole rings is 1. The second kappa shape index (κ2) is 4.14. The number of nitrogens with two attached hydrogens (primary N) is 1. The molecule has 0 fully saturated rings. The smallest absolute Gasteiger partial charge is 0.233 e. The minimum atomic E-state index is -0.532. The van der Waals surface area contributed by atoms with Crippen molar-refractivity contribution in [2.45, 2.75) is 33.1 Å². The first-order chi connectivity index (χ1) is 7.53. The number of rotatable bonds is 3. The van der Waals surface area contributed by atoms with Crippen molar-refractivity contribution in [3.8, 4) is 0 Å². The third-order valence-corrected chi connectivity index (χ3v) is 4.01. The van der Waals surface area contributed by atoms with E-state index in [2.05, 4.69) is 10.3 Å². The highest BCUT2D eigenvalue weighted by molar-refractivity contribution is 7.15. The van der Waals surface area contributed by atoms with E-state index in [1.807, 2.05) is 13.8 Å². The molecule has 1 aromatic rings. The van der Waals surface area contributed by atoms with Gasteiger partial charge in [0.2, 0.25) is 5.91 Å². The molecule has 2 rings (SSSR count). The van der Waals surface area contributed by atoms with Gasteiger partial charge in [-0.2, -0.15) is 0 Å². The standard InChI is InChI=1S/C11H17N3OS/c1-11(2,6-12)9(15)14-10-13-7-4-3-5-8(7)16-10/h3-6,12H2,1-2H3,(H,13,14,15). The van der Waals surface area contributed by atoms with E-state index in [1.54, 1.807) is 11.3 Å².